The number of fused-ring (bicyclic) bond motifs is 1. The van der Waals surface area contributed by atoms with Gasteiger partial charge < -0.3 is 14.2 Å². The summed E-state index contributed by atoms with van der Waals surface area (Å²) in [5.41, 5.74) is -0.411. The lowest BCUT2D eigenvalue weighted by atomic mass is 9.81. The average Bonchev–Trinajstić information content (AvgIpc) is 3.20. The normalized spacial score (nSPS) is 27.1. The highest BCUT2D eigenvalue weighted by molar-refractivity contribution is 5.90. The van der Waals surface area contributed by atoms with E-state index < -0.39 is 5.41 Å². The van der Waals surface area contributed by atoms with Crippen molar-refractivity contribution in [3.05, 3.63) is 36.0 Å². The molecule has 0 N–H and O–H groups in total. The van der Waals surface area contributed by atoms with Gasteiger partial charge in [0, 0.05) is 31.4 Å². The smallest absolute Gasteiger partial charge is 0.291 e. The fourth-order valence-corrected chi connectivity index (χ4v) is 3.24. The van der Waals surface area contributed by atoms with Gasteiger partial charge in [0.1, 0.15) is 0 Å². The van der Waals surface area contributed by atoms with E-state index in [1.54, 1.807) is 30.3 Å². The quantitative estimate of drug-likeness (QED) is 0.782. The molecule has 2 aromatic rings. The van der Waals surface area contributed by atoms with Crippen LogP contribution < -0.4 is 0 Å². The first-order valence-corrected chi connectivity index (χ1v) is 7.14. The van der Waals surface area contributed by atoms with Gasteiger partial charge in [-0.25, -0.2) is 9.97 Å². The highest BCUT2D eigenvalue weighted by Crippen LogP contribution is 2.43. The second-order valence-corrected chi connectivity index (χ2v) is 5.77. The molecule has 0 radical (unpaired) electrons. The number of hydrogen-bond acceptors (Lipinski definition) is 7. The van der Waals surface area contributed by atoms with E-state index in [1.165, 1.54) is 0 Å². The number of amides is 1. The molecule has 0 spiro atoms. The van der Waals surface area contributed by atoms with Crippen LogP contribution in [0.4, 0.5) is 0 Å². The van der Waals surface area contributed by atoms with Gasteiger partial charge in [0.15, 0.2) is 5.82 Å². The third-order valence-electron chi connectivity index (χ3n) is 4.37. The van der Waals surface area contributed by atoms with Gasteiger partial charge in [-0.05, 0) is 13.0 Å². The van der Waals surface area contributed by atoms with Gasteiger partial charge in [-0.3, -0.25) is 4.79 Å². The van der Waals surface area contributed by atoms with E-state index in [4.69, 9.17) is 9.26 Å². The number of rotatable bonds is 2. The Morgan fingerprint density at radius 2 is 2.23 bits per heavy atom. The summed E-state index contributed by atoms with van der Waals surface area (Å²) in [6.45, 7) is 3.92. The van der Waals surface area contributed by atoms with Crippen LogP contribution in [0.5, 0.6) is 0 Å². The molecule has 0 aliphatic carbocycles. The van der Waals surface area contributed by atoms with Crippen molar-refractivity contribution in [2.45, 2.75) is 12.3 Å². The minimum Gasteiger partial charge on any atom is -0.380 e. The van der Waals surface area contributed by atoms with E-state index in [9.17, 15) is 4.79 Å². The van der Waals surface area contributed by atoms with E-state index in [2.05, 4.69) is 20.1 Å². The summed E-state index contributed by atoms with van der Waals surface area (Å²) in [5, 5.41) is 3.87. The monoisotopic (exact) mass is 301 g/mol. The van der Waals surface area contributed by atoms with Crippen molar-refractivity contribution in [1.29, 1.82) is 0 Å². The molecule has 0 unspecified atom stereocenters. The Morgan fingerprint density at radius 1 is 1.41 bits per heavy atom. The molecule has 1 amide bonds. The number of carbonyl (C=O) groups is 1. The zero-order valence-corrected chi connectivity index (χ0v) is 12.1. The van der Waals surface area contributed by atoms with Gasteiger partial charge in [0.05, 0.1) is 18.6 Å². The number of likely N-dealkylation sites (tertiary alicyclic amines) is 1. The average molecular weight is 301 g/mol. The molecule has 2 aromatic heterocycles. The third-order valence-corrected chi connectivity index (χ3v) is 4.37. The van der Waals surface area contributed by atoms with Gasteiger partial charge in [-0.1, -0.05) is 5.16 Å². The summed E-state index contributed by atoms with van der Waals surface area (Å²) in [4.78, 5) is 26.7. The van der Waals surface area contributed by atoms with E-state index in [0.29, 0.717) is 38.0 Å². The highest BCUT2D eigenvalue weighted by atomic mass is 16.5. The Labute approximate surface area is 126 Å². The predicted octanol–water partition coefficient (Wildman–Crippen LogP) is 0.208. The molecule has 2 fully saturated rings. The fourth-order valence-electron chi connectivity index (χ4n) is 3.24. The van der Waals surface area contributed by atoms with Crippen molar-refractivity contribution >= 4 is 5.91 Å². The topological polar surface area (TPSA) is 94.2 Å². The Kier molecular flexibility index (Phi) is 2.93. The maximum absolute atomic E-state index is 12.6. The van der Waals surface area contributed by atoms with Crippen LogP contribution in [0, 0.1) is 12.8 Å². The number of carbonyl (C=O) groups excluding carboxylic acids is 1. The van der Waals surface area contributed by atoms with Crippen LogP contribution in [0.15, 0.2) is 23.0 Å². The molecule has 0 bridgehead atoms. The molecule has 4 heterocycles. The van der Waals surface area contributed by atoms with Gasteiger partial charge in [-0.15, -0.1) is 0 Å². The van der Waals surface area contributed by atoms with Crippen LogP contribution in [0.2, 0.25) is 0 Å². The Morgan fingerprint density at radius 3 is 2.95 bits per heavy atom. The van der Waals surface area contributed by atoms with E-state index in [-0.39, 0.29) is 17.6 Å². The van der Waals surface area contributed by atoms with Gasteiger partial charge in [0.2, 0.25) is 11.7 Å². The molecular weight excluding hydrogens is 286 g/mol. The summed E-state index contributed by atoms with van der Waals surface area (Å²) in [7, 11) is 0. The summed E-state index contributed by atoms with van der Waals surface area (Å²) in [5.74, 6) is 1.33. The molecule has 8 heteroatoms. The third kappa shape index (κ3) is 1.91. The SMILES string of the molecule is Cc1noc([C@]23COC[C@H]2CN(C(=O)c2ncccn2)C3)n1. The van der Waals surface area contributed by atoms with Crippen molar-refractivity contribution in [3.63, 3.8) is 0 Å². The maximum Gasteiger partial charge on any atom is 0.291 e. The van der Waals surface area contributed by atoms with Crippen LogP contribution in [0.1, 0.15) is 22.3 Å². The Hall–Kier alpha value is -2.35. The Balaban J connectivity index is 1.64. The van der Waals surface area contributed by atoms with Crippen LogP contribution >= 0.6 is 0 Å². The van der Waals surface area contributed by atoms with Crippen molar-refractivity contribution in [1.82, 2.24) is 25.0 Å². The van der Waals surface area contributed by atoms with E-state index >= 15 is 0 Å². The standard InChI is InChI=1S/C14H15N5O3/c1-9-17-13(22-18-9)14-7-19(5-10(14)6-21-8-14)12(20)11-15-3-2-4-16-11/h2-4,10H,5-8H2,1H3/t10-,14-/m1/s1. The van der Waals surface area contributed by atoms with Gasteiger partial charge in [0.25, 0.3) is 5.91 Å². The van der Waals surface area contributed by atoms with Crippen molar-refractivity contribution in [2.24, 2.45) is 5.92 Å². The largest absolute Gasteiger partial charge is 0.380 e. The number of nitrogens with zero attached hydrogens (tertiary/aromatic N) is 5. The molecule has 0 saturated carbocycles. The van der Waals surface area contributed by atoms with Crippen LogP contribution in [0.3, 0.4) is 0 Å². The minimum absolute atomic E-state index is 0.153. The summed E-state index contributed by atoms with van der Waals surface area (Å²) in [6.07, 6.45) is 3.13. The van der Waals surface area contributed by atoms with Gasteiger partial charge in [-0.2, -0.15) is 4.98 Å². The molecular formula is C14H15N5O3. The van der Waals surface area contributed by atoms with Crippen molar-refractivity contribution < 1.29 is 14.1 Å². The lowest BCUT2D eigenvalue weighted by Gasteiger charge is -2.22. The molecule has 8 nitrogen and oxygen atoms in total. The molecule has 0 aromatic carbocycles. The summed E-state index contributed by atoms with van der Waals surface area (Å²) < 4.78 is 11.0. The minimum atomic E-state index is -0.411. The lowest BCUT2D eigenvalue weighted by molar-refractivity contribution is 0.0724. The van der Waals surface area contributed by atoms with Crippen LogP contribution in [-0.4, -0.2) is 57.2 Å². The van der Waals surface area contributed by atoms with Crippen molar-refractivity contribution in [2.75, 3.05) is 26.3 Å². The maximum atomic E-state index is 12.6. The number of ether oxygens (including phenoxy) is 1. The second kappa shape index (κ2) is 4.84. The molecule has 2 aliphatic rings. The zero-order chi connectivity index (χ0) is 15.2. The summed E-state index contributed by atoms with van der Waals surface area (Å²) in [6, 6.07) is 1.69. The molecule has 2 saturated heterocycles. The first-order chi connectivity index (χ1) is 10.7. The second-order valence-electron chi connectivity index (χ2n) is 5.77. The number of aryl methyl sites for hydroxylation is 1. The molecule has 114 valence electrons. The molecule has 2 atom stereocenters. The first kappa shape index (κ1) is 13.3. The summed E-state index contributed by atoms with van der Waals surface area (Å²) >= 11 is 0. The fraction of sp³-hybridized carbons (Fsp3) is 0.500. The van der Waals surface area contributed by atoms with Gasteiger partial charge >= 0.3 is 0 Å². The van der Waals surface area contributed by atoms with Crippen LogP contribution in [0.25, 0.3) is 0 Å². The number of aromatic nitrogens is 4. The van der Waals surface area contributed by atoms with E-state index in [0.717, 1.165) is 0 Å². The van der Waals surface area contributed by atoms with Crippen LogP contribution in [-0.2, 0) is 10.2 Å². The highest BCUT2D eigenvalue weighted by Gasteiger charge is 2.56. The molecule has 2 aliphatic heterocycles. The predicted molar refractivity (Wildman–Crippen MR) is 73.0 cm³/mol. The number of hydrogen-bond donors (Lipinski definition) is 0. The molecule has 22 heavy (non-hydrogen) atoms. The first-order valence-electron chi connectivity index (χ1n) is 7.14. The van der Waals surface area contributed by atoms with E-state index in [1.807, 2.05) is 0 Å². The Bertz CT molecular complexity index is 704. The molecule has 4 rings (SSSR count). The zero-order valence-electron chi connectivity index (χ0n) is 12.1. The van der Waals surface area contributed by atoms with Crippen molar-refractivity contribution in [3.8, 4) is 0 Å². The lowest BCUT2D eigenvalue weighted by Crippen LogP contribution is -2.38.